The minimum atomic E-state index is -0.616. The zero-order valence-corrected chi connectivity index (χ0v) is 12.9. The topological polar surface area (TPSA) is 46.2 Å². The van der Waals surface area contributed by atoms with E-state index >= 15 is 0 Å². The summed E-state index contributed by atoms with van der Waals surface area (Å²) in [6, 6.07) is 4.11. The minimum Gasteiger partial charge on any atom is -0.342 e. The van der Waals surface area contributed by atoms with Crippen molar-refractivity contribution in [2.24, 2.45) is 0 Å². The Bertz CT molecular complexity index is 579. The zero-order chi connectivity index (χ0) is 14.5. The average Bonchev–Trinajstić information content (AvgIpc) is 2.89. The predicted molar refractivity (Wildman–Crippen MR) is 81.2 cm³/mol. The number of hydrogen-bond donors (Lipinski definition) is 1. The van der Waals surface area contributed by atoms with Gasteiger partial charge in [-0.05, 0) is 49.6 Å². The van der Waals surface area contributed by atoms with Crippen molar-refractivity contribution in [1.82, 2.24) is 5.32 Å². The molecule has 2 fully saturated rings. The van der Waals surface area contributed by atoms with E-state index in [-0.39, 0.29) is 11.7 Å². The highest BCUT2D eigenvalue weighted by Gasteiger charge is 2.54. The summed E-state index contributed by atoms with van der Waals surface area (Å²) < 4.78 is 0. The van der Waals surface area contributed by atoms with Gasteiger partial charge >= 0.3 is 0 Å². The molecule has 2 atom stereocenters. The van der Waals surface area contributed by atoms with Gasteiger partial charge in [0.05, 0.1) is 0 Å². The predicted octanol–water partition coefficient (Wildman–Crippen LogP) is 2.27. The van der Waals surface area contributed by atoms with Crippen LogP contribution in [0.4, 0.5) is 0 Å². The number of rotatable bonds is 1. The van der Waals surface area contributed by atoms with Crippen molar-refractivity contribution in [2.75, 3.05) is 11.5 Å². The fourth-order valence-electron chi connectivity index (χ4n) is 3.53. The Labute approximate surface area is 123 Å². The fourth-order valence-corrected chi connectivity index (χ4v) is 4.88. The maximum atomic E-state index is 12.8. The maximum Gasteiger partial charge on any atom is 0.236 e. The lowest BCUT2D eigenvalue weighted by molar-refractivity contribution is -0.125. The maximum absolute atomic E-state index is 12.8. The second-order valence-electron chi connectivity index (χ2n) is 5.98. The van der Waals surface area contributed by atoms with Gasteiger partial charge in [0.1, 0.15) is 11.5 Å². The molecule has 1 amide bonds. The number of aryl methyl sites for hydroxylation is 3. The van der Waals surface area contributed by atoms with Crippen LogP contribution in [-0.4, -0.2) is 28.7 Å². The van der Waals surface area contributed by atoms with E-state index < -0.39 is 11.5 Å². The van der Waals surface area contributed by atoms with E-state index in [0.29, 0.717) is 0 Å². The molecule has 1 spiro atoms. The number of benzene rings is 1. The highest BCUT2D eigenvalue weighted by Crippen LogP contribution is 2.40. The Morgan fingerprint density at radius 2 is 1.85 bits per heavy atom. The van der Waals surface area contributed by atoms with Gasteiger partial charge < -0.3 is 5.32 Å². The van der Waals surface area contributed by atoms with Gasteiger partial charge in [0.15, 0.2) is 5.78 Å². The third kappa shape index (κ3) is 1.89. The lowest BCUT2D eigenvalue weighted by atomic mass is 9.82. The van der Waals surface area contributed by atoms with Crippen LogP contribution in [0.25, 0.3) is 0 Å². The SMILES string of the molecule is Cc1cc(C)c(C2C(=O)NC3(CCSC3)C2=O)c(C)c1. The standard InChI is InChI=1S/C16H19NO2S/c1-9-6-10(2)12(11(3)7-9)13-14(18)16(17-15(13)19)4-5-20-8-16/h6-7,13H,4-5,8H2,1-3H3,(H,17,19). The van der Waals surface area contributed by atoms with Gasteiger partial charge in [-0.2, -0.15) is 11.8 Å². The molecule has 2 heterocycles. The van der Waals surface area contributed by atoms with Crippen LogP contribution in [0, 0.1) is 20.8 Å². The number of nitrogens with one attached hydrogen (secondary N) is 1. The van der Waals surface area contributed by atoms with Crippen LogP contribution in [0.1, 0.15) is 34.6 Å². The number of amides is 1. The van der Waals surface area contributed by atoms with E-state index in [1.165, 1.54) is 5.56 Å². The van der Waals surface area contributed by atoms with Crippen molar-refractivity contribution in [1.29, 1.82) is 0 Å². The van der Waals surface area contributed by atoms with Gasteiger partial charge in [-0.3, -0.25) is 9.59 Å². The van der Waals surface area contributed by atoms with Gasteiger partial charge in [0.25, 0.3) is 0 Å². The Kier molecular flexibility index (Phi) is 3.16. The average molecular weight is 289 g/mol. The first-order chi connectivity index (χ1) is 9.44. The molecule has 0 saturated carbocycles. The summed E-state index contributed by atoms with van der Waals surface area (Å²) in [4.78, 5) is 25.2. The molecule has 2 aliphatic heterocycles. The third-order valence-electron chi connectivity index (χ3n) is 4.41. The van der Waals surface area contributed by atoms with Crippen molar-refractivity contribution < 1.29 is 9.59 Å². The van der Waals surface area contributed by atoms with Gasteiger partial charge in [-0.1, -0.05) is 17.7 Å². The third-order valence-corrected chi connectivity index (χ3v) is 5.60. The Morgan fingerprint density at radius 3 is 2.40 bits per heavy atom. The van der Waals surface area contributed by atoms with Crippen molar-refractivity contribution in [2.45, 2.75) is 38.6 Å². The van der Waals surface area contributed by atoms with Gasteiger partial charge in [0.2, 0.25) is 5.91 Å². The summed E-state index contributed by atoms with van der Waals surface area (Å²) >= 11 is 1.75. The molecule has 2 saturated heterocycles. The summed E-state index contributed by atoms with van der Waals surface area (Å²) in [5, 5.41) is 2.99. The Morgan fingerprint density at radius 1 is 1.20 bits per heavy atom. The largest absolute Gasteiger partial charge is 0.342 e. The number of ketones is 1. The molecule has 1 aromatic rings. The van der Waals surface area contributed by atoms with Crippen LogP contribution in [0.5, 0.6) is 0 Å². The van der Waals surface area contributed by atoms with Gasteiger partial charge in [-0.25, -0.2) is 0 Å². The van der Waals surface area contributed by atoms with E-state index in [0.717, 1.165) is 34.6 Å². The first-order valence-electron chi connectivity index (χ1n) is 6.96. The molecule has 0 aliphatic carbocycles. The van der Waals surface area contributed by atoms with E-state index in [1.807, 2.05) is 20.8 Å². The lowest BCUT2D eigenvalue weighted by Gasteiger charge is -2.20. The van der Waals surface area contributed by atoms with Gasteiger partial charge in [0, 0.05) is 5.75 Å². The van der Waals surface area contributed by atoms with Crippen LogP contribution in [-0.2, 0) is 9.59 Å². The second-order valence-corrected chi connectivity index (χ2v) is 7.09. The molecule has 3 rings (SSSR count). The minimum absolute atomic E-state index is 0.0718. The number of thioether (sulfide) groups is 1. The summed E-state index contributed by atoms with van der Waals surface area (Å²) in [6.07, 6.45) is 0.767. The molecule has 4 heteroatoms. The highest BCUT2D eigenvalue weighted by atomic mass is 32.2. The number of carbonyl (C=O) groups is 2. The number of hydrogen-bond acceptors (Lipinski definition) is 3. The molecule has 1 N–H and O–H groups in total. The normalized spacial score (nSPS) is 29.2. The highest BCUT2D eigenvalue weighted by molar-refractivity contribution is 7.99. The molecule has 0 radical (unpaired) electrons. The molecule has 20 heavy (non-hydrogen) atoms. The van der Waals surface area contributed by atoms with Crippen molar-refractivity contribution >= 4 is 23.5 Å². The number of Topliss-reactive ketones (excluding diaryl/α,β-unsaturated/α-hetero) is 1. The van der Waals surface area contributed by atoms with E-state index in [4.69, 9.17) is 0 Å². The van der Waals surface area contributed by atoms with E-state index in [1.54, 1.807) is 11.8 Å². The first kappa shape index (κ1) is 13.7. The molecule has 2 unspecified atom stereocenters. The Balaban J connectivity index is 2.07. The fraction of sp³-hybridized carbons (Fsp3) is 0.500. The smallest absolute Gasteiger partial charge is 0.236 e. The van der Waals surface area contributed by atoms with E-state index in [9.17, 15) is 9.59 Å². The summed E-state index contributed by atoms with van der Waals surface area (Å²) in [5.74, 6) is 1.01. The lowest BCUT2D eigenvalue weighted by Crippen LogP contribution is -2.46. The molecule has 0 bridgehead atoms. The summed E-state index contributed by atoms with van der Waals surface area (Å²) in [6.45, 7) is 6.02. The monoisotopic (exact) mass is 289 g/mol. The van der Waals surface area contributed by atoms with Crippen molar-refractivity contribution in [3.05, 3.63) is 34.4 Å². The van der Waals surface area contributed by atoms with Crippen LogP contribution in [0.15, 0.2) is 12.1 Å². The number of carbonyl (C=O) groups excluding carboxylic acids is 2. The van der Waals surface area contributed by atoms with Crippen molar-refractivity contribution in [3.8, 4) is 0 Å². The molecule has 0 aromatic heterocycles. The first-order valence-corrected chi connectivity index (χ1v) is 8.12. The van der Waals surface area contributed by atoms with Crippen LogP contribution in [0.2, 0.25) is 0 Å². The quantitative estimate of drug-likeness (QED) is 0.807. The van der Waals surface area contributed by atoms with Crippen molar-refractivity contribution in [3.63, 3.8) is 0 Å². The second kappa shape index (κ2) is 4.62. The molecule has 2 aliphatic rings. The molecule has 1 aromatic carbocycles. The Hall–Kier alpha value is -1.29. The zero-order valence-electron chi connectivity index (χ0n) is 12.1. The summed E-state index contributed by atoms with van der Waals surface area (Å²) in [7, 11) is 0. The van der Waals surface area contributed by atoms with Crippen LogP contribution >= 0.6 is 11.8 Å². The molecule has 106 valence electrons. The molecular formula is C16H19NO2S. The molecule has 3 nitrogen and oxygen atoms in total. The van der Waals surface area contributed by atoms with Crippen LogP contribution < -0.4 is 5.32 Å². The van der Waals surface area contributed by atoms with Gasteiger partial charge in [-0.15, -0.1) is 0 Å². The van der Waals surface area contributed by atoms with E-state index in [2.05, 4.69) is 17.4 Å². The summed E-state index contributed by atoms with van der Waals surface area (Å²) in [5.41, 5.74) is 3.56. The van der Waals surface area contributed by atoms with Crippen LogP contribution in [0.3, 0.4) is 0 Å². The molecular weight excluding hydrogens is 270 g/mol.